The van der Waals surface area contributed by atoms with Crippen molar-refractivity contribution in [1.29, 1.82) is 0 Å². The highest BCUT2D eigenvalue weighted by atomic mass is 79.9. The topological polar surface area (TPSA) is 48.1 Å². The van der Waals surface area contributed by atoms with Crippen molar-refractivity contribution in [1.82, 2.24) is 4.98 Å². The van der Waals surface area contributed by atoms with Crippen molar-refractivity contribution >= 4 is 37.5 Å². The van der Waals surface area contributed by atoms with Crippen molar-refractivity contribution in [2.75, 3.05) is 5.73 Å². The van der Waals surface area contributed by atoms with Crippen molar-refractivity contribution in [3.8, 4) is 11.6 Å². The second-order valence-corrected chi connectivity index (χ2v) is 4.70. The molecule has 0 saturated heterocycles. The zero-order valence-electron chi connectivity index (χ0n) is 8.15. The van der Waals surface area contributed by atoms with E-state index >= 15 is 0 Å². The molecule has 0 radical (unpaired) electrons. The number of anilines is 1. The molecule has 0 unspecified atom stereocenters. The Kier molecular flexibility index (Phi) is 3.46. The summed E-state index contributed by atoms with van der Waals surface area (Å²) in [7, 11) is 0. The third kappa shape index (κ3) is 2.36. The van der Waals surface area contributed by atoms with Gasteiger partial charge in [0.25, 0.3) is 0 Å². The average Bonchev–Trinajstić information content (AvgIpc) is 2.28. The fourth-order valence-electron chi connectivity index (χ4n) is 1.16. The number of rotatable bonds is 2. The van der Waals surface area contributed by atoms with Gasteiger partial charge in [-0.3, -0.25) is 0 Å². The Bertz CT molecular complexity index is 517. The molecule has 0 amide bonds. The molecule has 0 atom stereocenters. The van der Waals surface area contributed by atoms with Crippen LogP contribution in [0.15, 0.2) is 45.5 Å². The van der Waals surface area contributed by atoms with Crippen LogP contribution in [0.2, 0.25) is 0 Å². The summed E-state index contributed by atoms with van der Waals surface area (Å²) < 4.78 is 7.16. The summed E-state index contributed by atoms with van der Waals surface area (Å²) in [6.45, 7) is 0. The van der Waals surface area contributed by atoms with Gasteiger partial charge in [-0.05, 0) is 56.1 Å². The number of ether oxygens (including phenoxy) is 1. The molecule has 2 N–H and O–H groups in total. The molecule has 0 bridgehead atoms. The molecule has 0 saturated carbocycles. The fraction of sp³-hybridized carbons (Fsp3) is 0. The van der Waals surface area contributed by atoms with Gasteiger partial charge in [-0.1, -0.05) is 6.07 Å². The molecule has 3 nitrogen and oxygen atoms in total. The summed E-state index contributed by atoms with van der Waals surface area (Å²) in [4.78, 5) is 4.11. The third-order valence-electron chi connectivity index (χ3n) is 1.92. The maximum Gasteiger partial charge on any atom is 0.233 e. The molecule has 1 aromatic heterocycles. The summed E-state index contributed by atoms with van der Waals surface area (Å²) >= 11 is 6.73. The maximum absolute atomic E-state index is 5.75. The van der Waals surface area contributed by atoms with Crippen LogP contribution in [0.5, 0.6) is 11.6 Å². The lowest BCUT2D eigenvalue weighted by molar-refractivity contribution is 0.457. The van der Waals surface area contributed by atoms with Gasteiger partial charge < -0.3 is 10.5 Å². The molecule has 16 heavy (non-hydrogen) atoms. The van der Waals surface area contributed by atoms with Gasteiger partial charge in [-0.15, -0.1) is 0 Å². The highest BCUT2D eigenvalue weighted by molar-refractivity contribution is 9.11. The number of nitrogens with zero attached hydrogens (tertiary/aromatic N) is 1. The highest BCUT2D eigenvalue weighted by Crippen LogP contribution is 2.35. The highest BCUT2D eigenvalue weighted by Gasteiger charge is 2.08. The Hall–Kier alpha value is -1.07. The lowest BCUT2D eigenvalue weighted by atomic mass is 10.3. The molecule has 5 heteroatoms. The molecule has 0 aliphatic rings. The summed E-state index contributed by atoms with van der Waals surface area (Å²) in [6.07, 6.45) is 1.67. The minimum absolute atomic E-state index is 0.508. The zero-order chi connectivity index (χ0) is 11.5. The van der Waals surface area contributed by atoms with E-state index in [9.17, 15) is 0 Å². The maximum atomic E-state index is 5.75. The van der Waals surface area contributed by atoms with Gasteiger partial charge in [-0.25, -0.2) is 4.98 Å². The summed E-state index contributed by atoms with van der Waals surface area (Å²) in [5, 5.41) is 0. The predicted molar refractivity (Wildman–Crippen MR) is 70.6 cm³/mol. The first-order chi connectivity index (χ1) is 7.68. The van der Waals surface area contributed by atoms with E-state index in [1.54, 1.807) is 12.3 Å². The van der Waals surface area contributed by atoms with Gasteiger partial charge in [-0.2, -0.15) is 0 Å². The van der Waals surface area contributed by atoms with Crippen molar-refractivity contribution in [2.24, 2.45) is 0 Å². The average molecular weight is 344 g/mol. The predicted octanol–water partition coefficient (Wildman–Crippen LogP) is 3.98. The smallest absolute Gasteiger partial charge is 0.233 e. The van der Waals surface area contributed by atoms with Crippen LogP contribution in [0.1, 0.15) is 0 Å². The van der Waals surface area contributed by atoms with Crippen molar-refractivity contribution in [3.63, 3.8) is 0 Å². The van der Waals surface area contributed by atoms with Gasteiger partial charge in [0.05, 0.1) is 8.95 Å². The van der Waals surface area contributed by atoms with Crippen LogP contribution in [0.4, 0.5) is 5.69 Å². The Balaban J connectivity index is 2.35. The van der Waals surface area contributed by atoms with Crippen molar-refractivity contribution < 1.29 is 4.74 Å². The summed E-state index contributed by atoms with van der Waals surface area (Å²) in [5.41, 5.74) is 6.38. The van der Waals surface area contributed by atoms with E-state index in [1.807, 2.05) is 24.3 Å². The molecular formula is C11H8Br2N2O. The standard InChI is InChI=1S/C11H8Br2N2O/c12-7-3-2-6-15-11(7)16-9-5-1-4-8(14)10(9)13/h1-6H,14H2. The van der Waals surface area contributed by atoms with Crippen LogP contribution in [0.3, 0.4) is 0 Å². The van der Waals surface area contributed by atoms with Crippen LogP contribution >= 0.6 is 31.9 Å². The van der Waals surface area contributed by atoms with Crippen LogP contribution in [-0.2, 0) is 0 Å². The number of pyridine rings is 1. The Morgan fingerprint density at radius 1 is 1.12 bits per heavy atom. The van der Waals surface area contributed by atoms with E-state index in [-0.39, 0.29) is 0 Å². The fourth-order valence-corrected chi connectivity index (χ4v) is 1.84. The van der Waals surface area contributed by atoms with Gasteiger partial charge in [0.15, 0.2) is 0 Å². The molecule has 2 aromatic rings. The molecule has 1 heterocycles. The van der Waals surface area contributed by atoms with Gasteiger partial charge >= 0.3 is 0 Å². The molecule has 0 aliphatic heterocycles. The minimum Gasteiger partial charge on any atom is -0.437 e. The molecule has 0 aliphatic carbocycles. The van der Waals surface area contributed by atoms with Crippen LogP contribution in [0.25, 0.3) is 0 Å². The van der Waals surface area contributed by atoms with E-state index in [0.717, 1.165) is 8.95 Å². The largest absolute Gasteiger partial charge is 0.437 e. The quantitative estimate of drug-likeness (QED) is 0.839. The van der Waals surface area contributed by atoms with E-state index in [0.29, 0.717) is 17.3 Å². The normalized spacial score (nSPS) is 10.1. The lowest BCUT2D eigenvalue weighted by Gasteiger charge is -2.09. The van der Waals surface area contributed by atoms with Crippen molar-refractivity contribution in [2.45, 2.75) is 0 Å². The number of aromatic nitrogens is 1. The van der Waals surface area contributed by atoms with Crippen LogP contribution in [0, 0.1) is 0 Å². The van der Waals surface area contributed by atoms with Gasteiger partial charge in [0.2, 0.25) is 5.88 Å². The molecular weight excluding hydrogens is 336 g/mol. The summed E-state index contributed by atoms with van der Waals surface area (Å²) in [6, 6.07) is 9.13. The summed E-state index contributed by atoms with van der Waals surface area (Å²) in [5.74, 6) is 1.15. The van der Waals surface area contributed by atoms with Crippen LogP contribution < -0.4 is 10.5 Å². The second-order valence-electron chi connectivity index (χ2n) is 3.05. The zero-order valence-corrected chi connectivity index (χ0v) is 11.3. The van der Waals surface area contributed by atoms with Gasteiger partial charge in [0, 0.05) is 11.9 Å². The first kappa shape index (κ1) is 11.4. The molecule has 0 spiro atoms. The third-order valence-corrected chi connectivity index (χ3v) is 3.38. The van der Waals surface area contributed by atoms with E-state index in [1.165, 1.54) is 0 Å². The SMILES string of the molecule is Nc1cccc(Oc2ncccc2Br)c1Br. The number of nitrogen functional groups attached to an aromatic ring is 1. The first-order valence-electron chi connectivity index (χ1n) is 4.51. The monoisotopic (exact) mass is 342 g/mol. The van der Waals surface area contributed by atoms with Gasteiger partial charge in [0.1, 0.15) is 5.75 Å². The Labute approximate surface area is 110 Å². The van der Waals surface area contributed by atoms with Crippen molar-refractivity contribution in [3.05, 3.63) is 45.5 Å². The van der Waals surface area contributed by atoms with Crippen LogP contribution in [-0.4, -0.2) is 4.98 Å². The van der Waals surface area contributed by atoms with E-state index in [2.05, 4.69) is 36.8 Å². The minimum atomic E-state index is 0.508. The number of hydrogen-bond donors (Lipinski definition) is 1. The Morgan fingerprint density at radius 2 is 1.94 bits per heavy atom. The molecule has 2 rings (SSSR count). The number of benzene rings is 1. The Morgan fingerprint density at radius 3 is 2.69 bits per heavy atom. The number of nitrogens with two attached hydrogens (primary N) is 1. The number of halogens is 2. The number of hydrogen-bond acceptors (Lipinski definition) is 3. The second kappa shape index (κ2) is 4.84. The van der Waals surface area contributed by atoms with E-state index in [4.69, 9.17) is 10.5 Å². The first-order valence-corrected chi connectivity index (χ1v) is 6.09. The molecule has 82 valence electrons. The molecule has 0 fully saturated rings. The van der Waals surface area contributed by atoms with E-state index < -0.39 is 0 Å². The lowest BCUT2D eigenvalue weighted by Crippen LogP contribution is -1.92. The molecule has 1 aromatic carbocycles.